The third-order valence-electron chi connectivity index (χ3n) is 4.96. The van der Waals surface area contributed by atoms with Crippen LogP contribution in [0.3, 0.4) is 0 Å². The fourth-order valence-corrected chi connectivity index (χ4v) is 3.63. The average Bonchev–Trinajstić information content (AvgIpc) is 2.73. The number of hydrogen-bond acceptors (Lipinski definition) is 3. The molecule has 3 nitrogen and oxygen atoms in total. The normalized spacial score (nSPS) is 10.7. The van der Waals surface area contributed by atoms with Gasteiger partial charge >= 0.3 is 0 Å². The van der Waals surface area contributed by atoms with Gasteiger partial charge in [0.25, 0.3) is 0 Å². The van der Waals surface area contributed by atoms with E-state index in [1.54, 1.807) is 0 Å². The molecule has 0 aromatic heterocycles. The van der Waals surface area contributed by atoms with Gasteiger partial charge in [-0.05, 0) is 74.2 Å². The van der Waals surface area contributed by atoms with Crippen molar-refractivity contribution < 1.29 is 4.79 Å². The van der Waals surface area contributed by atoms with Crippen molar-refractivity contribution in [2.45, 2.75) is 53.4 Å². The highest BCUT2D eigenvalue weighted by Gasteiger charge is 2.12. The van der Waals surface area contributed by atoms with Crippen LogP contribution in [0.25, 0.3) is 0 Å². The predicted octanol–water partition coefficient (Wildman–Crippen LogP) is 6.17. The number of anilines is 2. The Bertz CT molecular complexity index is 633. The van der Waals surface area contributed by atoms with Crippen molar-refractivity contribution in [2.75, 3.05) is 36.0 Å². The third-order valence-corrected chi connectivity index (χ3v) is 4.96. The van der Waals surface area contributed by atoms with Crippen molar-refractivity contribution in [3.8, 4) is 0 Å². The van der Waals surface area contributed by atoms with Crippen LogP contribution in [0.5, 0.6) is 0 Å². The van der Waals surface area contributed by atoms with Gasteiger partial charge in [0, 0.05) is 48.7 Å². The molecule has 0 spiro atoms. The van der Waals surface area contributed by atoms with Crippen LogP contribution in [0.15, 0.2) is 48.5 Å². The zero-order valence-electron chi connectivity index (χ0n) is 18.1. The van der Waals surface area contributed by atoms with Crippen molar-refractivity contribution in [3.63, 3.8) is 0 Å². The number of benzene rings is 2. The fourth-order valence-electron chi connectivity index (χ4n) is 3.63. The monoisotopic (exact) mass is 380 g/mol. The van der Waals surface area contributed by atoms with E-state index in [4.69, 9.17) is 0 Å². The third kappa shape index (κ3) is 5.85. The summed E-state index contributed by atoms with van der Waals surface area (Å²) in [6.45, 7) is 13.0. The van der Waals surface area contributed by atoms with E-state index in [0.717, 1.165) is 63.0 Å². The molecule has 0 aliphatic rings. The first kappa shape index (κ1) is 22.0. The summed E-state index contributed by atoms with van der Waals surface area (Å²) in [4.78, 5) is 17.7. The maximum Gasteiger partial charge on any atom is 0.193 e. The molecule has 0 aliphatic heterocycles. The fraction of sp³-hybridized carbons (Fsp3) is 0.480. The summed E-state index contributed by atoms with van der Waals surface area (Å²) >= 11 is 0. The van der Waals surface area contributed by atoms with Crippen LogP contribution in [0.4, 0.5) is 11.4 Å². The SMILES string of the molecule is CCCN(CCC)c1ccc(C(=O)c2ccc(N(CCC)CCC)cc2)cc1. The quantitative estimate of drug-likeness (QED) is 0.411. The number of rotatable bonds is 12. The smallest absolute Gasteiger partial charge is 0.193 e. The summed E-state index contributed by atoms with van der Waals surface area (Å²) in [7, 11) is 0. The van der Waals surface area contributed by atoms with Crippen LogP contribution in [-0.2, 0) is 0 Å². The summed E-state index contributed by atoms with van der Waals surface area (Å²) in [6, 6.07) is 16.2. The maximum absolute atomic E-state index is 12.9. The highest BCUT2D eigenvalue weighted by molar-refractivity contribution is 6.09. The van der Waals surface area contributed by atoms with Crippen molar-refractivity contribution in [3.05, 3.63) is 59.7 Å². The number of carbonyl (C=O) groups excluding carboxylic acids is 1. The Kier molecular flexibility index (Phi) is 9.06. The van der Waals surface area contributed by atoms with E-state index in [9.17, 15) is 4.79 Å². The minimum absolute atomic E-state index is 0.0909. The molecule has 0 bridgehead atoms. The zero-order chi connectivity index (χ0) is 20.4. The lowest BCUT2D eigenvalue weighted by atomic mass is 10.0. The van der Waals surface area contributed by atoms with E-state index in [0.29, 0.717) is 0 Å². The van der Waals surface area contributed by atoms with Crippen LogP contribution < -0.4 is 9.80 Å². The summed E-state index contributed by atoms with van der Waals surface area (Å²) in [6.07, 6.45) is 4.50. The first-order valence-electron chi connectivity index (χ1n) is 10.9. The van der Waals surface area contributed by atoms with Crippen LogP contribution in [0.1, 0.15) is 69.3 Å². The molecule has 0 amide bonds. The van der Waals surface area contributed by atoms with Crippen molar-refractivity contribution in [2.24, 2.45) is 0 Å². The molecular formula is C25H36N2O. The number of ketones is 1. The molecule has 0 fully saturated rings. The van der Waals surface area contributed by atoms with Crippen molar-refractivity contribution in [1.29, 1.82) is 0 Å². The number of carbonyl (C=O) groups is 1. The molecule has 0 aliphatic carbocycles. The minimum Gasteiger partial charge on any atom is -0.372 e. The predicted molar refractivity (Wildman–Crippen MR) is 122 cm³/mol. The molecular weight excluding hydrogens is 344 g/mol. The summed E-state index contributed by atoms with van der Waals surface area (Å²) in [5, 5.41) is 0. The molecule has 28 heavy (non-hydrogen) atoms. The Morgan fingerprint density at radius 2 is 0.857 bits per heavy atom. The van der Waals surface area contributed by atoms with Gasteiger partial charge in [-0.2, -0.15) is 0 Å². The van der Waals surface area contributed by atoms with Crippen molar-refractivity contribution >= 4 is 17.2 Å². The molecule has 0 N–H and O–H groups in total. The Labute approximate surface area is 171 Å². The molecule has 152 valence electrons. The lowest BCUT2D eigenvalue weighted by Gasteiger charge is -2.24. The largest absolute Gasteiger partial charge is 0.372 e. The van der Waals surface area contributed by atoms with Gasteiger partial charge in [-0.25, -0.2) is 0 Å². The first-order chi connectivity index (χ1) is 13.6. The average molecular weight is 381 g/mol. The van der Waals surface area contributed by atoms with E-state index in [1.165, 1.54) is 11.4 Å². The molecule has 0 unspecified atom stereocenters. The minimum atomic E-state index is 0.0909. The van der Waals surface area contributed by atoms with E-state index in [-0.39, 0.29) is 5.78 Å². The molecule has 2 rings (SSSR count). The number of nitrogens with zero attached hydrogens (tertiary/aromatic N) is 2. The molecule has 3 heteroatoms. The van der Waals surface area contributed by atoms with Crippen LogP contribution >= 0.6 is 0 Å². The highest BCUT2D eigenvalue weighted by Crippen LogP contribution is 2.21. The topological polar surface area (TPSA) is 23.6 Å². The molecule has 0 radical (unpaired) electrons. The molecule has 0 heterocycles. The van der Waals surface area contributed by atoms with Crippen molar-refractivity contribution in [1.82, 2.24) is 0 Å². The Balaban J connectivity index is 2.12. The van der Waals surface area contributed by atoms with Gasteiger partial charge < -0.3 is 9.80 Å². The Morgan fingerprint density at radius 3 is 1.11 bits per heavy atom. The van der Waals surface area contributed by atoms with Gasteiger partial charge in [0.05, 0.1) is 0 Å². The van der Waals surface area contributed by atoms with E-state index >= 15 is 0 Å². The summed E-state index contributed by atoms with van der Waals surface area (Å²) < 4.78 is 0. The molecule has 0 saturated heterocycles. The lowest BCUT2D eigenvalue weighted by molar-refractivity contribution is 0.103. The maximum atomic E-state index is 12.9. The molecule has 2 aromatic carbocycles. The first-order valence-corrected chi connectivity index (χ1v) is 10.9. The second kappa shape index (κ2) is 11.5. The zero-order valence-corrected chi connectivity index (χ0v) is 18.1. The van der Waals surface area contributed by atoms with E-state index < -0.39 is 0 Å². The second-order valence-electron chi connectivity index (χ2n) is 7.40. The van der Waals surface area contributed by atoms with E-state index in [2.05, 4.69) is 61.8 Å². The van der Waals surface area contributed by atoms with Crippen LogP contribution in [0, 0.1) is 0 Å². The molecule has 0 atom stereocenters. The Morgan fingerprint density at radius 1 is 0.571 bits per heavy atom. The second-order valence-corrected chi connectivity index (χ2v) is 7.40. The van der Waals surface area contributed by atoms with Gasteiger partial charge in [-0.15, -0.1) is 0 Å². The lowest BCUT2D eigenvalue weighted by Crippen LogP contribution is -2.25. The van der Waals surface area contributed by atoms with Gasteiger partial charge in [0.15, 0.2) is 5.78 Å². The van der Waals surface area contributed by atoms with Gasteiger partial charge in [-0.1, -0.05) is 27.7 Å². The standard InChI is InChI=1S/C25H36N2O/c1-5-17-26(18-6-2)23-13-9-21(10-14-23)25(28)22-11-15-24(16-12-22)27(19-7-3)20-8-4/h9-16H,5-8,17-20H2,1-4H3. The number of hydrogen-bond donors (Lipinski definition) is 0. The van der Waals surface area contributed by atoms with E-state index in [1.807, 2.05) is 24.3 Å². The van der Waals surface area contributed by atoms with Gasteiger partial charge in [0.2, 0.25) is 0 Å². The van der Waals surface area contributed by atoms with Gasteiger partial charge in [-0.3, -0.25) is 4.79 Å². The van der Waals surface area contributed by atoms with Crippen LogP contribution in [0.2, 0.25) is 0 Å². The Hall–Kier alpha value is -2.29. The van der Waals surface area contributed by atoms with Crippen LogP contribution in [-0.4, -0.2) is 32.0 Å². The highest BCUT2D eigenvalue weighted by atomic mass is 16.1. The summed E-state index contributed by atoms with van der Waals surface area (Å²) in [5.74, 6) is 0.0909. The van der Waals surface area contributed by atoms with Gasteiger partial charge in [0.1, 0.15) is 0 Å². The summed E-state index contributed by atoms with van der Waals surface area (Å²) in [5.41, 5.74) is 3.91. The molecule has 2 aromatic rings. The molecule has 0 saturated carbocycles.